The van der Waals surface area contributed by atoms with E-state index in [1.165, 1.54) is 7.11 Å². The number of hydrogen-bond donors (Lipinski definition) is 1. The van der Waals surface area contributed by atoms with E-state index in [-0.39, 0.29) is 19.5 Å². The highest BCUT2D eigenvalue weighted by atomic mass is 16.7. The summed E-state index contributed by atoms with van der Waals surface area (Å²) in [5.41, 5.74) is -1.78. The minimum Gasteiger partial charge on any atom is -0.462 e. The van der Waals surface area contributed by atoms with Gasteiger partial charge in [0.1, 0.15) is 18.8 Å². The smallest absolute Gasteiger partial charge is 0.311 e. The lowest BCUT2D eigenvalue weighted by molar-refractivity contribution is -0.177. The third kappa shape index (κ3) is 4.07. The van der Waals surface area contributed by atoms with Crippen LogP contribution >= 0.6 is 0 Å². The minimum absolute atomic E-state index is 0.159. The molecule has 0 saturated carbocycles. The van der Waals surface area contributed by atoms with Crippen molar-refractivity contribution in [2.45, 2.75) is 58.7 Å². The number of aliphatic hydroxyl groups excluding tert-OH is 1. The Bertz CT molecular complexity index is 490. The maximum atomic E-state index is 11.9. The summed E-state index contributed by atoms with van der Waals surface area (Å²) in [6.45, 7) is 6.92. The normalized spacial score (nSPS) is 31.1. The van der Waals surface area contributed by atoms with Crippen molar-refractivity contribution >= 4 is 12.4 Å². The zero-order valence-corrected chi connectivity index (χ0v) is 14.8. The Morgan fingerprint density at radius 2 is 2.12 bits per heavy atom. The van der Waals surface area contributed by atoms with E-state index < -0.39 is 41.4 Å². The fraction of sp³-hybridized carbons (Fsp3) is 0.765. The molecule has 1 heterocycles. The average Bonchev–Trinajstić information content (AvgIpc) is 2.74. The lowest BCUT2D eigenvalue weighted by Gasteiger charge is -2.37. The van der Waals surface area contributed by atoms with Crippen LogP contribution in [0.3, 0.4) is 0 Å². The third-order valence-electron chi connectivity index (χ3n) is 4.26. The van der Waals surface area contributed by atoms with Crippen LogP contribution in [0.25, 0.3) is 0 Å². The summed E-state index contributed by atoms with van der Waals surface area (Å²) in [5, 5.41) is 10.4. The number of terminal acetylenes is 1. The van der Waals surface area contributed by atoms with E-state index in [1.807, 2.05) is 0 Å². The first-order valence-corrected chi connectivity index (χ1v) is 7.69. The molecule has 1 saturated heterocycles. The molecule has 5 atom stereocenters. The molecule has 0 radical (unpaired) electrons. The molecule has 0 aromatic rings. The van der Waals surface area contributed by atoms with Gasteiger partial charge in [-0.25, -0.2) is 0 Å². The van der Waals surface area contributed by atoms with Gasteiger partial charge in [0, 0.05) is 13.5 Å². The molecule has 0 aromatic carbocycles. The second kappa shape index (κ2) is 7.97. The van der Waals surface area contributed by atoms with Gasteiger partial charge in [0.25, 0.3) is 6.47 Å². The maximum Gasteiger partial charge on any atom is 0.311 e. The van der Waals surface area contributed by atoms with Gasteiger partial charge in [0.2, 0.25) is 0 Å². The molecule has 1 unspecified atom stereocenters. The molecule has 136 valence electrons. The lowest BCUT2D eigenvalue weighted by atomic mass is 9.76. The first kappa shape index (κ1) is 20.4. The quantitative estimate of drug-likeness (QED) is 0.417. The van der Waals surface area contributed by atoms with Crippen LogP contribution in [-0.4, -0.2) is 55.9 Å². The predicted molar refractivity (Wildman–Crippen MR) is 84.6 cm³/mol. The number of hydrogen-bond acceptors (Lipinski definition) is 7. The van der Waals surface area contributed by atoms with E-state index >= 15 is 0 Å². The Balaban J connectivity index is 2.98. The van der Waals surface area contributed by atoms with Crippen LogP contribution < -0.4 is 0 Å². The van der Waals surface area contributed by atoms with Crippen LogP contribution in [0.2, 0.25) is 0 Å². The Labute approximate surface area is 142 Å². The molecular formula is C17H26O7. The standard InChI is InChI=1S/C17H26O7/c1-7-8-12(21-6)17(5)13(23-10-18)11(24-15(17)20)9-22-14(19)16(2,3)4/h1,10-13,15,20H,8-9H2,2-6H3/t11-,12-,13-,15?,17-/m1/s1. The second-order valence-corrected chi connectivity index (χ2v) is 7.03. The topological polar surface area (TPSA) is 91.3 Å². The molecule has 7 heteroatoms. The van der Waals surface area contributed by atoms with Crippen LogP contribution in [0.4, 0.5) is 0 Å². The number of rotatable bonds is 7. The fourth-order valence-electron chi connectivity index (χ4n) is 2.73. The van der Waals surface area contributed by atoms with Crippen LogP contribution in [0.1, 0.15) is 34.1 Å². The Kier molecular flexibility index (Phi) is 6.78. The van der Waals surface area contributed by atoms with Gasteiger partial charge >= 0.3 is 5.97 Å². The number of aliphatic hydroxyl groups is 1. The van der Waals surface area contributed by atoms with Crippen LogP contribution in [0.5, 0.6) is 0 Å². The Hall–Kier alpha value is -1.62. The van der Waals surface area contributed by atoms with E-state index in [0.29, 0.717) is 0 Å². The van der Waals surface area contributed by atoms with Gasteiger partial charge in [-0.3, -0.25) is 9.59 Å². The van der Waals surface area contributed by atoms with Crippen LogP contribution in [0.15, 0.2) is 0 Å². The first-order chi connectivity index (χ1) is 11.1. The van der Waals surface area contributed by atoms with E-state index in [9.17, 15) is 14.7 Å². The molecule has 7 nitrogen and oxygen atoms in total. The summed E-state index contributed by atoms with van der Waals surface area (Å²) >= 11 is 0. The van der Waals surface area contributed by atoms with Crippen molar-refractivity contribution < 1.29 is 33.6 Å². The van der Waals surface area contributed by atoms with Crippen molar-refractivity contribution in [2.24, 2.45) is 10.8 Å². The molecule has 1 rings (SSSR count). The molecule has 0 aromatic heterocycles. The van der Waals surface area contributed by atoms with Gasteiger partial charge in [-0.2, -0.15) is 0 Å². The molecule has 1 N–H and O–H groups in total. The number of ether oxygens (including phenoxy) is 4. The molecule has 1 aliphatic rings. The Morgan fingerprint density at radius 3 is 2.58 bits per heavy atom. The van der Waals surface area contributed by atoms with Gasteiger partial charge in [0.05, 0.1) is 16.9 Å². The summed E-state index contributed by atoms with van der Waals surface area (Å²) in [4.78, 5) is 22.8. The highest BCUT2D eigenvalue weighted by molar-refractivity contribution is 5.75. The third-order valence-corrected chi connectivity index (χ3v) is 4.26. The molecule has 0 amide bonds. The van der Waals surface area contributed by atoms with Crippen molar-refractivity contribution in [3.05, 3.63) is 0 Å². The SMILES string of the molecule is C#CC[C@@H](OC)[C@@]1(C)C(O)O[C@H](COC(=O)C(C)(C)C)[C@H]1OC=O. The zero-order chi connectivity index (χ0) is 18.5. The number of esters is 1. The first-order valence-electron chi connectivity index (χ1n) is 7.69. The van der Waals surface area contributed by atoms with Gasteiger partial charge in [-0.15, -0.1) is 12.3 Å². The van der Waals surface area contributed by atoms with Crippen LogP contribution in [-0.2, 0) is 28.5 Å². The zero-order valence-electron chi connectivity index (χ0n) is 14.8. The van der Waals surface area contributed by atoms with Gasteiger partial charge in [-0.05, 0) is 27.7 Å². The number of carbonyl (C=O) groups is 2. The van der Waals surface area contributed by atoms with E-state index in [2.05, 4.69) is 5.92 Å². The van der Waals surface area contributed by atoms with Crippen molar-refractivity contribution in [1.82, 2.24) is 0 Å². The van der Waals surface area contributed by atoms with E-state index in [1.54, 1.807) is 27.7 Å². The summed E-state index contributed by atoms with van der Waals surface area (Å²) in [6.07, 6.45) is 1.94. The van der Waals surface area contributed by atoms with Gasteiger partial charge in [-0.1, -0.05) is 0 Å². The largest absolute Gasteiger partial charge is 0.462 e. The second-order valence-electron chi connectivity index (χ2n) is 7.03. The van der Waals surface area contributed by atoms with Crippen molar-refractivity contribution in [1.29, 1.82) is 0 Å². The molecule has 0 bridgehead atoms. The Morgan fingerprint density at radius 1 is 1.50 bits per heavy atom. The minimum atomic E-state index is -1.29. The fourth-order valence-corrected chi connectivity index (χ4v) is 2.73. The van der Waals surface area contributed by atoms with E-state index in [4.69, 9.17) is 25.4 Å². The van der Waals surface area contributed by atoms with Crippen molar-refractivity contribution in [2.75, 3.05) is 13.7 Å². The van der Waals surface area contributed by atoms with Crippen molar-refractivity contribution in [3.8, 4) is 12.3 Å². The molecule has 0 aliphatic carbocycles. The summed E-state index contributed by atoms with van der Waals surface area (Å²) in [5.74, 6) is 2.04. The average molecular weight is 342 g/mol. The van der Waals surface area contributed by atoms with Gasteiger partial charge in [0.15, 0.2) is 6.29 Å². The highest BCUT2D eigenvalue weighted by Crippen LogP contribution is 2.44. The maximum absolute atomic E-state index is 11.9. The number of methoxy groups -OCH3 is 1. The molecule has 24 heavy (non-hydrogen) atoms. The molecule has 0 spiro atoms. The van der Waals surface area contributed by atoms with Crippen LogP contribution in [0, 0.1) is 23.2 Å². The highest BCUT2D eigenvalue weighted by Gasteiger charge is 2.59. The van der Waals surface area contributed by atoms with Gasteiger partial charge < -0.3 is 24.1 Å². The number of carbonyl (C=O) groups excluding carboxylic acids is 2. The summed E-state index contributed by atoms with van der Waals surface area (Å²) < 4.78 is 21.2. The molecular weight excluding hydrogens is 316 g/mol. The monoisotopic (exact) mass is 342 g/mol. The molecule has 1 fully saturated rings. The van der Waals surface area contributed by atoms with E-state index in [0.717, 1.165) is 0 Å². The van der Waals surface area contributed by atoms with Crippen molar-refractivity contribution in [3.63, 3.8) is 0 Å². The summed E-state index contributed by atoms with van der Waals surface area (Å²) in [7, 11) is 1.45. The lowest BCUT2D eigenvalue weighted by Crippen LogP contribution is -2.50. The summed E-state index contributed by atoms with van der Waals surface area (Å²) in [6, 6.07) is 0. The predicted octanol–water partition coefficient (Wildman–Crippen LogP) is 0.879. The molecule has 1 aliphatic heterocycles.